The largest absolute Gasteiger partial charge is 0.494 e. The van der Waals surface area contributed by atoms with Crippen molar-refractivity contribution < 1.29 is 22.7 Å². The van der Waals surface area contributed by atoms with Crippen molar-refractivity contribution in [3.8, 4) is 17.2 Å². The second-order valence-electron chi connectivity index (χ2n) is 8.68. The summed E-state index contributed by atoms with van der Waals surface area (Å²) < 4.78 is 41.3. The quantitative estimate of drug-likeness (QED) is 0.165. The molecule has 4 rings (SSSR count). The number of sulfonamides is 1. The summed E-state index contributed by atoms with van der Waals surface area (Å²) in [6, 6.07) is 24.7. The van der Waals surface area contributed by atoms with Gasteiger partial charge in [-0.15, -0.1) is 0 Å². The molecule has 0 unspecified atom stereocenters. The second-order valence-corrected chi connectivity index (χ2v) is 12.1. The van der Waals surface area contributed by atoms with Crippen LogP contribution in [-0.2, 0) is 10.0 Å². The van der Waals surface area contributed by atoms with E-state index in [0.29, 0.717) is 41.1 Å². The topological polar surface area (TPSA) is 84.9 Å². The first kappa shape index (κ1) is 29.7. The van der Waals surface area contributed by atoms with E-state index in [2.05, 4.69) is 20.7 Å². The van der Waals surface area contributed by atoms with Gasteiger partial charge < -0.3 is 14.4 Å². The van der Waals surface area contributed by atoms with Crippen molar-refractivity contribution in [2.75, 3.05) is 24.9 Å². The first-order valence-electron chi connectivity index (χ1n) is 12.1. The fourth-order valence-corrected chi connectivity index (χ4v) is 5.35. The molecule has 0 aliphatic carbocycles. The number of carbonyl (C=O) groups is 1. The van der Waals surface area contributed by atoms with Crippen molar-refractivity contribution in [3.05, 3.63) is 111 Å². The van der Waals surface area contributed by atoms with E-state index < -0.39 is 10.0 Å². The number of halogens is 3. The van der Waals surface area contributed by atoms with Crippen molar-refractivity contribution in [1.29, 1.82) is 0 Å². The van der Waals surface area contributed by atoms with Crippen LogP contribution >= 0.6 is 39.1 Å². The van der Waals surface area contributed by atoms with E-state index in [0.717, 1.165) is 10.2 Å². The van der Waals surface area contributed by atoms with Gasteiger partial charge in [-0.1, -0.05) is 51.3 Å². The van der Waals surface area contributed by atoms with E-state index in [4.69, 9.17) is 32.7 Å². The number of nitrogens with zero attached hydrogens (tertiary/aromatic N) is 1. The zero-order chi connectivity index (χ0) is 28.7. The maximum Gasteiger partial charge on any atom is 0.261 e. The Balaban J connectivity index is 1.41. The Morgan fingerprint density at radius 3 is 2.30 bits per heavy atom. The van der Waals surface area contributed by atoms with E-state index in [1.807, 2.05) is 24.3 Å². The lowest BCUT2D eigenvalue weighted by Gasteiger charge is -2.20. The van der Waals surface area contributed by atoms with Gasteiger partial charge in [-0.25, -0.2) is 8.42 Å². The molecule has 4 aromatic carbocycles. The molecule has 1 N–H and O–H groups in total. The average molecular weight is 664 g/mol. The van der Waals surface area contributed by atoms with Gasteiger partial charge >= 0.3 is 0 Å². The van der Waals surface area contributed by atoms with Gasteiger partial charge in [0, 0.05) is 23.1 Å². The van der Waals surface area contributed by atoms with Crippen LogP contribution in [0.2, 0.25) is 10.0 Å². The highest BCUT2D eigenvalue weighted by Crippen LogP contribution is 2.30. The van der Waals surface area contributed by atoms with Crippen molar-refractivity contribution in [2.45, 2.75) is 11.3 Å². The molecular formula is C29H25BrCl2N2O5S. The molecule has 40 heavy (non-hydrogen) atoms. The highest BCUT2D eigenvalue weighted by Gasteiger charge is 2.21. The Morgan fingerprint density at radius 2 is 1.60 bits per heavy atom. The SMILES string of the molecule is CN(CCCOc1ccc(Br)cc1)C(=O)c1cc(Cl)ccc1NS(=O)(=O)c1ccc(Oc2ccccc2Cl)cc1. The number of amides is 1. The van der Waals surface area contributed by atoms with E-state index in [1.54, 1.807) is 31.3 Å². The molecular weight excluding hydrogens is 639 g/mol. The van der Waals surface area contributed by atoms with Crippen molar-refractivity contribution in [2.24, 2.45) is 0 Å². The Bertz CT molecular complexity index is 1580. The number of rotatable bonds is 11. The first-order valence-corrected chi connectivity index (χ1v) is 15.1. The van der Waals surface area contributed by atoms with Gasteiger partial charge in [-0.3, -0.25) is 9.52 Å². The van der Waals surface area contributed by atoms with Gasteiger partial charge in [0.2, 0.25) is 0 Å². The van der Waals surface area contributed by atoms with E-state index in [-0.39, 0.29) is 22.1 Å². The van der Waals surface area contributed by atoms with Crippen LogP contribution in [0, 0.1) is 0 Å². The number of hydrogen-bond acceptors (Lipinski definition) is 5. The van der Waals surface area contributed by atoms with E-state index >= 15 is 0 Å². The molecule has 0 spiro atoms. The van der Waals surface area contributed by atoms with Gasteiger partial charge in [-0.05, 0) is 85.3 Å². The molecule has 11 heteroatoms. The second kappa shape index (κ2) is 13.4. The highest BCUT2D eigenvalue weighted by atomic mass is 79.9. The van der Waals surface area contributed by atoms with Crippen molar-refractivity contribution >= 4 is 60.7 Å². The van der Waals surface area contributed by atoms with Gasteiger partial charge in [0.1, 0.15) is 17.2 Å². The minimum atomic E-state index is -4.03. The third-order valence-electron chi connectivity index (χ3n) is 5.72. The summed E-state index contributed by atoms with van der Waals surface area (Å²) in [6.45, 7) is 0.797. The molecule has 208 valence electrons. The molecule has 0 fully saturated rings. The number of hydrogen-bond donors (Lipinski definition) is 1. The average Bonchev–Trinajstić information content (AvgIpc) is 2.94. The number of ether oxygens (including phenoxy) is 2. The molecule has 0 saturated heterocycles. The Morgan fingerprint density at radius 1 is 0.925 bits per heavy atom. The van der Waals surface area contributed by atoms with Crippen LogP contribution in [0.1, 0.15) is 16.8 Å². The molecule has 0 saturated carbocycles. The lowest BCUT2D eigenvalue weighted by molar-refractivity contribution is 0.0789. The van der Waals surface area contributed by atoms with Crippen LogP contribution in [0.4, 0.5) is 5.69 Å². The molecule has 7 nitrogen and oxygen atoms in total. The third kappa shape index (κ3) is 7.91. The fourth-order valence-electron chi connectivity index (χ4n) is 3.66. The van der Waals surface area contributed by atoms with Crippen molar-refractivity contribution in [1.82, 2.24) is 4.90 Å². The number of carbonyl (C=O) groups excluding carboxylic acids is 1. The molecule has 0 radical (unpaired) electrons. The lowest BCUT2D eigenvalue weighted by Crippen LogP contribution is -2.29. The number of benzene rings is 4. The van der Waals surface area contributed by atoms with Crippen LogP contribution in [0.3, 0.4) is 0 Å². The smallest absolute Gasteiger partial charge is 0.261 e. The maximum atomic E-state index is 13.2. The molecule has 0 atom stereocenters. The lowest BCUT2D eigenvalue weighted by atomic mass is 10.1. The van der Waals surface area contributed by atoms with Gasteiger partial charge in [0.15, 0.2) is 0 Å². The monoisotopic (exact) mass is 662 g/mol. The maximum absolute atomic E-state index is 13.2. The molecule has 0 aliphatic rings. The Kier molecular flexibility index (Phi) is 9.97. The van der Waals surface area contributed by atoms with Crippen LogP contribution in [-0.4, -0.2) is 39.4 Å². The van der Waals surface area contributed by atoms with Gasteiger partial charge in [0.25, 0.3) is 15.9 Å². The van der Waals surface area contributed by atoms with Crippen LogP contribution in [0.15, 0.2) is 100 Å². The van der Waals surface area contributed by atoms with E-state index in [1.165, 1.54) is 47.4 Å². The van der Waals surface area contributed by atoms with E-state index in [9.17, 15) is 13.2 Å². The predicted molar refractivity (Wildman–Crippen MR) is 161 cm³/mol. The molecule has 0 heterocycles. The molecule has 4 aromatic rings. The molecule has 0 bridgehead atoms. The number of nitrogens with one attached hydrogen (secondary N) is 1. The molecule has 1 amide bonds. The van der Waals surface area contributed by atoms with Gasteiger partial charge in [-0.2, -0.15) is 0 Å². The zero-order valence-electron chi connectivity index (χ0n) is 21.3. The minimum Gasteiger partial charge on any atom is -0.494 e. The van der Waals surface area contributed by atoms with Gasteiger partial charge in [0.05, 0.1) is 27.8 Å². The normalized spacial score (nSPS) is 11.1. The Labute approximate surface area is 251 Å². The summed E-state index contributed by atoms with van der Waals surface area (Å²) in [7, 11) is -2.39. The minimum absolute atomic E-state index is 0.00852. The zero-order valence-corrected chi connectivity index (χ0v) is 25.2. The Hall–Kier alpha value is -3.24. The van der Waals surface area contributed by atoms with Crippen molar-refractivity contribution in [3.63, 3.8) is 0 Å². The predicted octanol–water partition coefficient (Wildman–Crippen LogP) is 7.89. The summed E-state index contributed by atoms with van der Waals surface area (Å²) >= 11 is 15.7. The number of anilines is 1. The van der Waals surface area contributed by atoms with Crippen LogP contribution in [0.5, 0.6) is 17.2 Å². The molecule has 0 aromatic heterocycles. The summed E-state index contributed by atoms with van der Waals surface area (Å²) in [5, 5.41) is 0.738. The first-order chi connectivity index (χ1) is 19.1. The number of para-hydroxylation sites is 1. The third-order valence-corrected chi connectivity index (χ3v) is 8.18. The highest BCUT2D eigenvalue weighted by molar-refractivity contribution is 9.10. The summed E-state index contributed by atoms with van der Waals surface area (Å²) in [5.41, 5.74) is 0.245. The summed E-state index contributed by atoms with van der Waals surface area (Å²) in [4.78, 5) is 14.7. The summed E-state index contributed by atoms with van der Waals surface area (Å²) in [5.74, 6) is 1.21. The van der Waals surface area contributed by atoms with Crippen LogP contribution < -0.4 is 14.2 Å². The van der Waals surface area contributed by atoms with Crippen LogP contribution in [0.25, 0.3) is 0 Å². The standard InChI is InChI=1S/C29H25BrCl2N2O5S/c1-34(17-4-18-38-22-10-7-20(30)8-11-22)29(35)25-19-21(31)9-16-27(25)33-40(36,37)24-14-12-23(13-15-24)39-28-6-3-2-5-26(28)32/h2-3,5-16,19,33H,4,17-18H2,1H3. The fraction of sp³-hybridized carbons (Fsp3) is 0.138. The summed E-state index contributed by atoms with van der Waals surface area (Å²) in [6.07, 6.45) is 0.572. The molecule has 0 aliphatic heterocycles.